The Bertz CT molecular complexity index is 934. The lowest BCUT2D eigenvalue weighted by atomic mass is 9.82. The number of fused-ring (bicyclic) bond motifs is 1. The molecule has 7 heteroatoms. The van der Waals surface area contributed by atoms with Crippen LogP contribution in [0.15, 0.2) is 42.5 Å². The van der Waals surface area contributed by atoms with Gasteiger partial charge in [-0.2, -0.15) is 0 Å². The minimum Gasteiger partial charge on any atom is -0.487 e. The number of nitrogens with one attached hydrogen (secondary N) is 2. The zero-order valence-electron chi connectivity index (χ0n) is 17.1. The summed E-state index contributed by atoms with van der Waals surface area (Å²) in [5.74, 6) is 0.906. The first-order chi connectivity index (χ1) is 14.5. The lowest BCUT2D eigenvalue weighted by Crippen LogP contribution is -2.50. The molecule has 0 unspecified atom stereocenters. The topological polar surface area (TPSA) is 90.9 Å². The molecule has 1 fully saturated rings. The molecule has 0 saturated carbocycles. The quantitative estimate of drug-likeness (QED) is 0.704. The summed E-state index contributed by atoms with van der Waals surface area (Å²) in [6, 6.07) is 13.8. The molecule has 2 aliphatic rings. The molecule has 0 aromatic heterocycles. The zero-order chi connectivity index (χ0) is 21.1. The van der Waals surface area contributed by atoms with Crippen LogP contribution in [0.2, 0.25) is 0 Å². The monoisotopic (exact) mass is 409 g/mol. The molecular weight excluding hydrogens is 382 g/mol. The number of aryl methyl sites for hydroxylation is 1. The molecule has 7 nitrogen and oxygen atoms in total. The maximum atomic E-state index is 11.6. The second-order valence-electron chi connectivity index (χ2n) is 7.94. The van der Waals surface area contributed by atoms with Crippen molar-refractivity contribution in [1.29, 1.82) is 0 Å². The standard InChI is InChI=1S/C23H27N3O4/c1-2-24-21(27)25-19-6-3-16(4-7-19)17-5-8-20-18(15-17)9-10-23(30-20)11-13-26(14-12-23)22(28)29/h3-8,15H,2,9-14H2,1H3,(H,28,29)(H2,24,25,27). The minimum atomic E-state index is -0.849. The number of urea groups is 1. The van der Waals surface area contributed by atoms with E-state index in [1.54, 1.807) is 0 Å². The molecule has 0 atom stereocenters. The van der Waals surface area contributed by atoms with Gasteiger partial charge in [0, 0.05) is 38.2 Å². The van der Waals surface area contributed by atoms with Crippen LogP contribution in [0.25, 0.3) is 11.1 Å². The van der Waals surface area contributed by atoms with Crippen LogP contribution in [-0.2, 0) is 6.42 Å². The highest BCUT2D eigenvalue weighted by atomic mass is 16.5. The van der Waals surface area contributed by atoms with Crippen LogP contribution in [0.3, 0.4) is 0 Å². The average Bonchev–Trinajstić information content (AvgIpc) is 2.74. The second kappa shape index (κ2) is 8.26. The van der Waals surface area contributed by atoms with E-state index in [1.165, 1.54) is 10.5 Å². The summed E-state index contributed by atoms with van der Waals surface area (Å²) in [6.45, 7) is 3.52. The highest BCUT2D eigenvalue weighted by molar-refractivity contribution is 5.89. The highest BCUT2D eigenvalue weighted by Gasteiger charge is 2.40. The van der Waals surface area contributed by atoms with Crippen molar-refractivity contribution in [2.45, 2.75) is 38.2 Å². The summed E-state index contributed by atoms with van der Waals surface area (Å²) < 4.78 is 6.39. The number of piperidine rings is 1. The predicted molar refractivity (Wildman–Crippen MR) is 115 cm³/mol. The molecule has 158 valence electrons. The number of benzene rings is 2. The van der Waals surface area contributed by atoms with E-state index in [4.69, 9.17) is 9.84 Å². The van der Waals surface area contributed by atoms with E-state index in [0.29, 0.717) is 19.6 Å². The van der Waals surface area contributed by atoms with Gasteiger partial charge in [-0.3, -0.25) is 0 Å². The largest absolute Gasteiger partial charge is 0.487 e. The van der Waals surface area contributed by atoms with Crippen molar-refractivity contribution < 1.29 is 19.4 Å². The molecule has 4 rings (SSSR count). The minimum absolute atomic E-state index is 0.209. The smallest absolute Gasteiger partial charge is 0.407 e. The van der Waals surface area contributed by atoms with E-state index in [-0.39, 0.29) is 11.6 Å². The Morgan fingerprint density at radius 1 is 1.07 bits per heavy atom. The van der Waals surface area contributed by atoms with Crippen molar-refractivity contribution in [1.82, 2.24) is 10.2 Å². The number of carbonyl (C=O) groups is 2. The average molecular weight is 409 g/mol. The van der Waals surface area contributed by atoms with Gasteiger partial charge in [-0.25, -0.2) is 9.59 Å². The van der Waals surface area contributed by atoms with Crippen molar-refractivity contribution in [2.75, 3.05) is 25.0 Å². The van der Waals surface area contributed by atoms with Gasteiger partial charge in [-0.15, -0.1) is 0 Å². The Labute approximate surface area is 176 Å². The van der Waals surface area contributed by atoms with Gasteiger partial charge in [-0.05, 0) is 60.7 Å². The summed E-state index contributed by atoms with van der Waals surface area (Å²) in [4.78, 5) is 24.3. The third-order valence-electron chi connectivity index (χ3n) is 6.00. The van der Waals surface area contributed by atoms with Crippen molar-refractivity contribution in [3.05, 3.63) is 48.0 Å². The molecule has 2 aromatic rings. The van der Waals surface area contributed by atoms with Crippen LogP contribution in [0.4, 0.5) is 15.3 Å². The van der Waals surface area contributed by atoms with Crippen molar-refractivity contribution in [2.24, 2.45) is 0 Å². The SMILES string of the molecule is CCNC(=O)Nc1ccc(-c2ccc3c(c2)CCC2(CCN(C(=O)O)CC2)O3)cc1. The molecule has 30 heavy (non-hydrogen) atoms. The maximum absolute atomic E-state index is 11.6. The summed E-state index contributed by atoms with van der Waals surface area (Å²) in [5, 5.41) is 14.7. The van der Waals surface area contributed by atoms with E-state index in [9.17, 15) is 9.59 Å². The first kappa shape index (κ1) is 20.1. The molecule has 0 radical (unpaired) electrons. The van der Waals surface area contributed by atoms with Crippen molar-refractivity contribution in [3.63, 3.8) is 0 Å². The van der Waals surface area contributed by atoms with Gasteiger partial charge in [0.1, 0.15) is 11.4 Å². The Kier molecular flexibility index (Phi) is 5.53. The van der Waals surface area contributed by atoms with Gasteiger partial charge in [0.05, 0.1) is 0 Å². The third kappa shape index (κ3) is 4.20. The third-order valence-corrected chi connectivity index (χ3v) is 6.00. The molecule has 2 heterocycles. The molecule has 3 N–H and O–H groups in total. The highest BCUT2D eigenvalue weighted by Crippen LogP contribution is 2.40. The first-order valence-electron chi connectivity index (χ1n) is 10.4. The number of carboxylic acid groups (broad SMARTS) is 1. The lowest BCUT2D eigenvalue weighted by molar-refractivity contribution is -0.0103. The number of rotatable bonds is 3. The Hall–Kier alpha value is -3.22. The van der Waals surface area contributed by atoms with Gasteiger partial charge < -0.3 is 25.4 Å². The van der Waals surface area contributed by atoms with Crippen LogP contribution in [-0.4, -0.2) is 47.4 Å². The van der Waals surface area contributed by atoms with Crippen molar-refractivity contribution in [3.8, 4) is 16.9 Å². The normalized spacial score (nSPS) is 17.0. The van der Waals surface area contributed by atoms with Gasteiger partial charge in [-0.1, -0.05) is 18.2 Å². The Morgan fingerprint density at radius 3 is 2.43 bits per heavy atom. The summed E-state index contributed by atoms with van der Waals surface area (Å²) in [5.41, 5.74) is 3.88. The molecule has 0 aliphatic carbocycles. The predicted octanol–water partition coefficient (Wildman–Crippen LogP) is 4.33. The number of hydrogen-bond acceptors (Lipinski definition) is 3. The molecule has 0 bridgehead atoms. The van der Waals surface area contributed by atoms with Crippen molar-refractivity contribution >= 4 is 17.8 Å². The summed E-state index contributed by atoms with van der Waals surface area (Å²) >= 11 is 0. The van der Waals surface area contributed by atoms with Gasteiger partial charge in [0.2, 0.25) is 0 Å². The number of hydrogen-bond donors (Lipinski definition) is 3. The maximum Gasteiger partial charge on any atom is 0.407 e. The van der Waals surface area contributed by atoms with Gasteiger partial charge in [0.25, 0.3) is 0 Å². The van der Waals surface area contributed by atoms with Crippen LogP contribution >= 0.6 is 0 Å². The molecule has 1 spiro atoms. The Balaban J connectivity index is 1.44. The van der Waals surface area contributed by atoms with E-state index >= 15 is 0 Å². The van der Waals surface area contributed by atoms with E-state index in [2.05, 4.69) is 22.8 Å². The van der Waals surface area contributed by atoms with E-state index in [1.807, 2.05) is 37.3 Å². The van der Waals surface area contributed by atoms with Gasteiger partial charge in [0.15, 0.2) is 0 Å². The van der Waals surface area contributed by atoms with Crippen LogP contribution in [0.1, 0.15) is 31.7 Å². The van der Waals surface area contributed by atoms with E-state index in [0.717, 1.165) is 48.2 Å². The Morgan fingerprint density at radius 2 is 1.77 bits per heavy atom. The molecule has 1 saturated heterocycles. The summed E-state index contributed by atoms with van der Waals surface area (Å²) in [7, 11) is 0. The number of carbonyl (C=O) groups excluding carboxylic acids is 1. The molecule has 2 aromatic carbocycles. The molecule has 3 amide bonds. The van der Waals surface area contributed by atoms with Crippen LogP contribution < -0.4 is 15.4 Å². The fourth-order valence-electron chi connectivity index (χ4n) is 4.24. The second-order valence-corrected chi connectivity index (χ2v) is 7.94. The number of amides is 3. The fraction of sp³-hybridized carbons (Fsp3) is 0.391. The zero-order valence-corrected chi connectivity index (χ0v) is 17.1. The number of nitrogens with zero attached hydrogens (tertiary/aromatic N) is 1. The molecular formula is C23H27N3O4. The fourth-order valence-corrected chi connectivity index (χ4v) is 4.24. The number of anilines is 1. The molecule has 2 aliphatic heterocycles. The lowest BCUT2D eigenvalue weighted by Gasteiger charge is -2.44. The van der Waals surface area contributed by atoms with Crippen LogP contribution in [0, 0.1) is 0 Å². The van der Waals surface area contributed by atoms with Gasteiger partial charge >= 0.3 is 12.1 Å². The summed E-state index contributed by atoms with van der Waals surface area (Å²) in [6.07, 6.45) is 2.46. The van der Waals surface area contributed by atoms with E-state index < -0.39 is 6.09 Å². The number of likely N-dealkylation sites (tertiary alicyclic amines) is 1. The first-order valence-corrected chi connectivity index (χ1v) is 10.4. The van der Waals surface area contributed by atoms with Crippen LogP contribution in [0.5, 0.6) is 5.75 Å². The number of ether oxygens (including phenoxy) is 1.